The Bertz CT molecular complexity index is 224. The summed E-state index contributed by atoms with van der Waals surface area (Å²) >= 11 is 0. The Labute approximate surface area is 80.8 Å². The van der Waals surface area contributed by atoms with E-state index in [2.05, 4.69) is 9.26 Å². The summed E-state index contributed by atoms with van der Waals surface area (Å²) in [6.07, 6.45) is -11.2. The van der Waals surface area contributed by atoms with E-state index < -0.39 is 32.9 Å². The summed E-state index contributed by atoms with van der Waals surface area (Å²) in [5.74, 6) is 0. The average molecular weight is 260 g/mol. The van der Waals surface area contributed by atoms with Gasteiger partial charge in [0.1, 0.15) is 13.0 Å². The van der Waals surface area contributed by atoms with E-state index >= 15 is 0 Å². The van der Waals surface area contributed by atoms with Crippen LogP contribution in [-0.2, 0) is 13.8 Å². The maximum Gasteiger partial charge on any atom is 0.523 e. The molecule has 0 fully saturated rings. The highest BCUT2D eigenvalue weighted by molar-refractivity contribution is 7.57. The lowest BCUT2D eigenvalue weighted by molar-refractivity contribution is -0.317. The van der Waals surface area contributed by atoms with Crippen LogP contribution in [0.15, 0.2) is 0 Å². The molecule has 15 heavy (non-hydrogen) atoms. The molecule has 0 bridgehead atoms. The summed E-state index contributed by atoms with van der Waals surface area (Å²) in [6, 6.07) is 0. The van der Waals surface area contributed by atoms with Crippen LogP contribution < -0.4 is 0 Å². The second kappa shape index (κ2) is 4.71. The lowest BCUT2D eigenvalue weighted by atomic mass is 10.7. The van der Waals surface area contributed by atoms with E-state index in [1.165, 1.54) is 0 Å². The van der Waals surface area contributed by atoms with Crippen molar-refractivity contribution >= 4 is 7.37 Å². The first-order valence-electron chi connectivity index (χ1n) is 3.40. The maximum absolute atomic E-state index is 11.6. The molecule has 1 atom stereocenters. The molecule has 0 heterocycles. The number of rotatable bonds is 4. The minimum Gasteiger partial charge on any atom is -0.318 e. The fraction of sp³-hybridized carbons (Fsp3) is 1.00. The Morgan fingerprint density at radius 3 is 1.93 bits per heavy atom. The van der Waals surface area contributed by atoms with Crippen molar-refractivity contribution in [2.24, 2.45) is 0 Å². The van der Waals surface area contributed by atoms with Gasteiger partial charge in [-0.25, -0.2) is 0 Å². The molecule has 0 saturated carbocycles. The van der Waals surface area contributed by atoms with Crippen LogP contribution in [0.2, 0.25) is 0 Å². The van der Waals surface area contributed by atoms with Crippen LogP contribution in [0.25, 0.3) is 0 Å². The zero-order chi connectivity index (χ0) is 12.3. The molecular formula is C5H7F6O3P. The topological polar surface area (TPSA) is 35.5 Å². The summed E-state index contributed by atoms with van der Waals surface area (Å²) in [6.45, 7) is -1.24. The normalized spacial score (nSPS) is 17.5. The van der Waals surface area contributed by atoms with Crippen LogP contribution in [-0.4, -0.2) is 32.2 Å². The first-order chi connectivity index (χ1) is 6.41. The van der Waals surface area contributed by atoms with E-state index in [1.54, 1.807) is 0 Å². The van der Waals surface area contributed by atoms with Crippen molar-refractivity contribution in [1.82, 2.24) is 0 Å². The predicted molar refractivity (Wildman–Crippen MR) is 37.5 cm³/mol. The highest BCUT2D eigenvalue weighted by Crippen LogP contribution is 2.45. The predicted octanol–water partition coefficient (Wildman–Crippen LogP) is 2.97. The van der Waals surface area contributed by atoms with Gasteiger partial charge in [0.2, 0.25) is 7.37 Å². The smallest absolute Gasteiger partial charge is 0.318 e. The zero-order valence-corrected chi connectivity index (χ0v) is 8.25. The van der Waals surface area contributed by atoms with Crippen LogP contribution in [0, 0.1) is 0 Å². The Balaban J connectivity index is 4.04. The molecule has 0 N–H and O–H groups in total. The molecule has 0 aromatic rings. The second-order valence-electron chi connectivity index (χ2n) is 2.62. The largest absolute Gasteiger partial charge is 0.523 e. The van der Waals surface area contributed by atoms with Gasteiger partial charge in [-0.2, -0.15) is 13.2 Å². The average Bonchev–Trinajstić information content (AvgIpc) is 1.96. The molecule has 10 heteroatoms. The number of ether oxygens (including phenoxy) is 1. The molecule has 0 saturated heterocycles. The molecule has 0 aliphatic carbocycles. The highest BCUT2D eigenvalue weighted by atomic mass is 31.2. The minimum atomic E-state index is -5.05. The molecule has 0 aliphatic rings. The molecule has 0 rings (SSSR count). The summed E-state index contributed by atoms with van der Waals surface area (Å²) < 4.78 is 86.8. The van der Waals surface area contributed by atoms with Gasteiger partial charge < -0.3 is 4.52 Å². The minimum absolute atomic E-state index is 0.629. The van der Waals surface area contributed by atoms with Crippen molar-refractivity contribution in [2.75, 3.05) is 19.6 Å². The summed E-state index contributed by atoms with van der Waals surface area (Å²) in [7, 11) is -4.05. The summed E-state index contributed by atoms with van der Waals surface area (Å²) in [5, 5.41) is 0. The fourth-order valence-electron chi connectivity index (χ4n) is 0.437. The van der Waals surface area contributed by atoms with Crippen LogP contribution in [0.3, 0.4) is 0 Å². The third-order valence-electron chi connectivity index (χ3n) is 0.964. The lowest BCUT2D eigenvalue weighted by Gasteiger charge is -2.16. The van der Waals surface area contributed by atoms with Crippen molar-refractivity contribution in [3.63, 3.8) is 0 Å². The van der Waals surface area contributed by atoms with Gasteiger partial charge in [0.15, 0.2) is 0 Å². The van der Waals surface area contributed by atoms with Gasteiger partial charge >= 0.3 is 12.5 Å². The van der Waals surface area contributed by atoms with E-state index in [9.17, 15) is 30.9 Å². The molecule has 92 valence electrons. The third-order valence-corrected chi connectivity index (χ3v) is 2.24. The van der Waals surface area contributed by atoms with Crippen molar-refractivity contribution in [3.8, 4) is 0 Å². The van der Waals surface area contributed by atoms with Crippen molar-refractivity contribution < 1.29 is 40.2 Å². The van der Waals surface area contributed by atoms with Crippen LogP contribution in [0.4, 0.5) is 26.3 Å². The van der Waals surface area contributed by atoms with E-state index in [0.29, 0.717) is 6.66 Å². The molecule has 0 radical (unpaired) electrons. The van der Waals surface area contributed by atoms with Crippen LogP contribution in [0.5, 0.6) is 0 Å². The first-order valence-corrected chi connectivity index (χ1v) is 5.65. The van der Waals surface area contributed by atoms with Crippen molar-refractivity contribution in [2.45, 2.75) is 12.5 Å². The quantitative estimate of drug-likeness (QED) is 0.575. The van der Waals surface area contributed by atoms with Crippen molar-refractivity contribution in [1.29, 1.82) is 0 Å². The standard InChI is InChI=1S/C5H7F6O3P/c1-15(12,3-13-5(9,10)11)14-2-4(6,7)8/h2-3H2,1H3. The van der Waals surface area contributed by atoms with Gasteiger partial charge in [0, 0.05) is 6.66 Å². The molecule has 1 unspecified atom stereocenters. The second-order valence-corrected chi connectivity index (χ2v) is 5.17. The molecular weight excluding hydrogens is 253 g/mol. The molecule has 0 aliphatic heterocycles. The Morgan fingerprint density at radius 1 is 1.13 bits per heavy atom. The number of hydrogen-bond acceptors (Lipinski definition) is 3. The van der Waals surface area contributed by atoms with Gasteiger partial charge in [0.25, 0.3) is 0 Å². The van der Waals surface area contributed by atoms with Gasteiger partial charge in [-0.1, -0.05) is 0 Å². The van der Waals surface area contributed by atoms with E-state index in [0.717, 1.165) is 0 Å². The zero-order valence-electron chi connectivity index (χ0n) is 7.35. The Morgan fingerprint density at radius 2 is 1.60 bits per heavy atom. The molecule has 0 spiro atoms. The van der Waals surface area contributed by atoms with E-state index in [4.69, 9.17) is 0 Å². The monoisotopic (exact) mass is 260 g/mol. The van der Waals surface area contributed by atoms with Gasteiger partial charge in [-0.15, -0.1) is 13.2 Å². The van der Waals surface area contributed by atoms with Gasteiger partial charge in [-0.3, -0.25) is 9.30 Å². The lowest BCUT2D eigenvalue weighted by Crippen LogP contribution is -2.19. The molecule has 0 aromatic heterocycles. The fourth-order valence-corrected chi connectivity index (χ4v) is 1.31. The molecule has 0 aromatic carbocycles. The molecule has 0 amide bonds. The maximum atomic E-state index is 11.6. The number of hydrogen-bond donors (Lipinski definition) is 0. The Kier molecular flexibility index (Phi) is 4.63. The number of alkyl halides is 6. The van der Waals surface area contributed by atoms with Crippen LogP contribution >= 0.6 is 7.37 Å². The van der Waals surface area contributed by atoms with Gasteiger partial charge in [-0.05, 0) is 0 Å². The van der Waals surface area contributed by atoms with E-state index in [-0.39, 0.29) is 0 Å². The van der Waals surface area contributed by atoms with Crippen molar-refractivity contribution in [3.05, 3.63) is 0 Å². The first kappa shape index (κ1) is 14.7. The molecule has 3 nitrogen and oxygen atoms in total. The van der Waals surface area contributed by atoms with E-state index in [1.807, 2.05) is 0 Å². The van der Waals surface area contributed by atoms with Crippen LogP contribution in [0.1, 0.15) is 0 Å². The SMILES string of the molecule is CP(=O)(COC(F)(F)F)OCC(F)(F)F. The highest BCUT2D eigenvalue weighted by Gasteiger charge is 2.35. The third kappa shape index (κ3) is 10.0. The Hall–Kier alpha value is -0.270. The summed E-state index contributed by atoms with van der Waals surface area (Å²) in [5.41, 5.74) is 0. The summed E-state index contributed by atoms with van der Waals surface area (Å²) in [4.78, 5) is 0. The number of halogens is 6. The van der Waals surface area contributed by atoms with Gasteiger partial charge in [0.05, 0.1) is 0 Å².